The molecule has 19 heavy (non-hydrogen) atoms. The van der Waals surface area contributed by atoms with E-state index in [4.69, 9.17) is 10.5 Å². The van der Waals surface area contributed by atoms with Crippen LogP contribution in [-0.4, -0.2) is 17.7 Å². The number of carboxylic acid groups (broad SMARTS) is 1. The van der Waals surface area contributed by atoms with Crippen LogP contribution in [0.2, 0.25) is 0 Å². The van der Waals surface area contributed by atoms with E-state index >= 15 is 0 Å². The number of benzene rings is 1. The monoisotopic (exact) mass is 265 g/mol. The van der Waals surface area contributed by atoms with Crippen LogP contribution in [0.3, 0.4) is 0 Å². The Hall–Kier alpha value is -1.55. The Morgan fingerprint density at radius 3 is 2.68 bits per heavy atom. The maximum Gasteiger partial charge on any atom is 0.328 e. The smallest absolute Gasteiger partial charge is 0.328 e. The number of unbranched alkanes of at least 4 members (excludes halogenated alkanes) is 1. The molecule has 3 N–H and O–H groups in total. The summed E-state index contributed by atoms with van der Waals surface area (Å²) in [7, 11) is 0. The second kappa shape index (κ2) is 7.14. The second-order valence-electron chi connectivity index (χ2n) is 4.76. The van der Waals surface area contributed by atoms with E-state index in [2.05, 4.69) is 6.92 Å². The SMILES string of the molecule is CCCCOc1cccc(C(N)(CCC)C(=O)O)c1. The zero-order valence-corrected chi connectivity index (χ0v) is 11.7. The van der Waals surface area contributed by atoms with Crippen LogP contribution in [-0.2, 0) is 10.3 Å². The van der Waals surface area contributed by atoms with Gasteiger partial charge in [0.1, 0.15) is 11.3 Å². The Labute approximate surface area is 114 Å². The molecule has 0 heterocycles. The lowest BCUT2D eigenvalue weighted by Gasteiger charge is -2.25. The average molecular weight is 265 g/mol. The first-order valence-corrected chi connectivity index (χ1v) is 6.80. The van der Waals surface area contributed by atoms with Crippen LogP contribution in [0.1, 0.15) is 45.1 Å². The maximum atomic E-state index is 11.4. The number of aliphatic carboxylic acids is 1. The van der Waals surface area contributed by atoms with Crippen molar-refractivity contribution in [3.8, 4) is 5.75 Å². The van der Waals surface area contributed by atoms with Gasteiger partial charge >= 0.3 is 5.97 Å². The van der Waals surface area contributed by atoms with Crippen molar-refractivity contribution in [1.82, 2.24) is 0 Å². The van der Waals surface area contributed by atoms with E-state index in [1.807, 2.05) is 13.0 Å². The number of carbonyl (C=O) groups is 1. The fraction of sp³-hybridized carbons (Fsp3) is 0.533. The van der Waals surface area contributed by atoms with Crippen molar-refractivity contribution in [2.75, 3.05) is 6.61 Å². The van der Waals surface area contributed by atoms with Crippen molar-refractivity contribution in [2.45, 2.75) is 45.1 Å². The van der Waals surface area contributed by atoms with Gasteiger partial charge in [0, 0.05) is 0 Å². The molecule has 0 aliphatic rings. The summed E-state index contributed by atoms with van der Waals surface area (Å²) >= 11 is 0. The topological polar surface area (TPSA) is 72.5 Å². The second-order valence-corrected chi connectivity index (χ2v) is 4.76. The highest BCUT2D eigenvalue weighted by atomic mass is 16.5. The van der Waals surface area contributed by atoms with Crippen LogP contribution in [0.5, 0.6) is 5.75 Å². The molecule has 0 aliphatic carbocycles. The molecule has 106 valence electrons. The van der Waals surface area contributed by atoms with Crippen molar-refractivity contribution < 1.29 is 14.6 Å². The Kier molecular flexibility index (Phi) is 5.83. The third kappa shape index (κ3) is 3.96. The Morgan fingerprint density at radius 1 is 1.37 bits per heavy atom. The van der Waals surface area contributed by atoms with Gasteiger partial charge < -0.3 is 15.6 Å². The first-order valence-electron chi connectivity index (χ1n) is 6.80. The minimum atomic E-state index is -1.33. The van der Waals surface area contributed by atoms with Crippen LogP contribution in [0.4, 0.5) is 0 Å². The predicted molar refractivity (Wildman–Crippen MR) is 75.3 cm³/mol. The molecular weight excluding hydrogens is 242 g/mol. The molecule has 1 unspecified atom stereocenters. The Balaban J connectivity index is 2.92. The van der Waals surface area contributed by atoms with E-state index in [9.17, 15) is 9.90 Å². The largest absolute Gasteiger partial charge is 0.494 e. The fourth-order valence-corrected chi connectivity index (χ4v) is 1.97. The van der Waals surface area contributed by atoms with E-state index < -0.39 is 11.5 Å². The summed E-state index contributed by atoms with van der Waals surface area (Å²) < 4.78 is 5.59. The van der Waals surface area contributed by atoms with Gasteiger partial charge in [-0.15, -0.1) is 0 Å². The summed E-state index contributed by atoms with van der Waals surface area (Å²) in [5.41, 5.74) is 5.30. The zero-order chi connectivity index (χ0) is 14.3. The molecule has 1 atom stereocenters. The molecule has 0 saturated carbocycles. The van der Waals surface area contributed by atoms with Crippen molar-refractivity contribution in [2.24, 2.45) is 5.73 Å². The summed E-state index contributed by atoms with van der Waals surface area (Å²) in [5, 5.41) is 9.36. The normalized spacial score (nSPS) is 13.8. The van der Waals surface area contributed by atoms with Gasteiger partial charge in [-0.2, -0.15) is 0 Å². The van der Waals surface area contributed by atoms with Gasteiger partial charge in [0.15, 0.2) is 0 Å². The Bertz CT molecular complexity index is 420. The summed E-state index contributed by atoms with van der Waals surface area (Å²) in [4.78, 5) is 11.4. The predicted octanol–water partition coefficient (Wildman–Crippen LogP) is 2.90. The number of hydrogen-bond acceptors (Lipinski definition) is 3. The standard InChI is InChI=1S/C15H23NO3/c1-3-5-10-19-13-8-6-7-12(11-13)15(16,9-4-2)14(17)18/h6-8,11H,3-5,9-10,16H2,1-2H3,(H,17,18). The number of nitrogens with two attached hydrogens (primary N) is 1. The third-order valence-electron chi connectivity index (χ3n) is 3.14. The molecule has 0 bridgehead atoms. The van der Waals surface area contributed by atoms with E-state index in [-0.39, 0.29) is 0 Å². The molecule has 0 saturated heterocycles. The minimum Gasteiger partial charge on any atom is -0.494 e. The van der Waals surface area contributed by atoms with Crippen LogP contribution in [0, 0.1) is 0 Å². The number of hydrogen-bond donors (Lipinski definition) is 2. The molecule has 0 aliphatic heterocycles. The van der Waals surface area contributed by atoms with Crippen LogP contribution < -0.4 is 10.5 Å². The van der Waals surface area contributed by atoms with Crippen molar-refractivity contribution in [3.05, 3.63) is 29.8 Å². The highest BCUT2D eigenvalue weighted by Crippen LogP contribution is 2.27. The van der Waals surface area contributed by atoms with Crippen molar-refractivity contribution in [1.29, 1.82) is 0 Å². The molecule has 1 aromatic carbocycles. The van der Waals surface area contributed by atoms with Gasteiger partial charge in [-0.25, -0.2) is 4.79 Å². The molecule has 4 nitrogen and oxygen atoms in total. The summed E-state index contributed by atoms with van der Waals surface area (Å²) in [6, 6.07) is 7.10. The van der Waals surface area contributed by atoms with Gasteiger partial charge in [-0.3, -0.25) is 0 Å². The average Bonchev–Trinajstić information content (AvgIpc) is 2.39. The van der Waals surface area contributed by atoms with Crippen LogP contribution in [0.25, 0.3) is 0 Å². The van der Waals surface area contributed by atoms with Crippen LogP contribution >= 0.6 is 0 Å². The van der Waals surface area contributed by atoms with E-state index in [0.29, 0.717) is 30.8 Å². The van der Waals surface area contributed by atoms with Crippen LogP contribution in [0.15, 0.2) is 24.3 Å². The summed E-state index contributed by atoms with van der Waals surface area (Å²) in [6.45, 7) is 4.65. The maximum absolute atomic E-state index is 11.4. The quantitative estimate of drug-likeness (QED) is 0.709. The van der Waals surface area contributed by atoms with E-state index in [1.54, 1.807) is 18.2 Å². The lowest BCUT2D eigenvalue weighted by atomic mass is 9.86. The minimum absolute atomic E-state index is 0.404. The number of rotatable bonds is 8. The molecular formula is C15H23NO3. The molecule has 0 fully saturated rings. The van der Waals surface area contributed by atoms with Gasteiger partial charge in [-0.05, 0) is 30.5 Å². The highest BCUT2D eigenvalue weighted by Gasteiger charge is 2.35. The zero-order valence-electron chi connectivity index (χ0n) is 11.7. The van der Waals surface area contributed by atoms with Gasteiger partial charge in [0.05, 0.1) is 6.61 Å². The molecule has 0 radical (unpaired) electrons. The number of carboxylic acids is 1. The van der Waals surface area contributed by atoms with E-state index in [0.717, 1.165) is 12.8 Å². The first kappa shape index (κ1) is 15.5. The molecule has 0 aromatic heterocycles. The van der Waals surface area contributed by atoms with E-state index in [1.165, 1.54) is 0 Å². The molecule has 0 amide bonds. The van der Waals surface area contributed by atoms with Gasteiger partial charge in [-0.1, -0.05) is 38.8 Å². The summed E-state index contributed by atoms with van der Waals surface area (Å²) in [5.74, 6) is -0.321. The molecule has 1 aromatic rings. The fourth-order valence-electron chi connectivity index (χ4n) is 1.97. The molecule has 0 spiro atoms. The molecule has 4 heteroatoms. The number of ether oxygens (including phenoxy) is 1. The van der Waals surface area contributed by atoms with Crippen molar-refractivity contribution in [3.63, 3.8) is 0 Å². The lowest BCUT2D eigenvalue weighted by Crippen LogP contribution is -2.44. The highest BCUT2D eigenvalue weighted by molar-refractivity contribution is 5.80. The molecule has 1 rings (SSSR count). The first-order chi connectivity index (χ1) is 9.04. The summed E-state index contributed by atoms with van der Waals surface area (Å²) in [6.07, 6.45) is 3.15. The lowest BCUT2D eigenvalue weighted by molar-refractivity contribution is -0.144. The van der Waals surface area contributed by atoms with Gasteiger partial charge in [0.2, 0.25) is 0 Å². The third-order valence-corrected chi connectivity index (χ3v) is 3.14. The van der Waals surface area contributed by atoms with Gasteiger partial charge in [0.25, 0.3) is 0 Å². The van der Waals surface area contributed by atoms with Crippen molar-refractivity contribution >= 4 is 5.97 Å². The Morgan fingerprint density at radius 2 is 2.11 bits per heavy atom.